The highest BCUT2D eigenvalue weighted by Gasteiger charge is 2.29. The van der Waals surface area contributed by atoms with Gasteiger partial charge in [0.05, 0.1) is 25.6 Å². The number of rotatable bonds is 7. The van der Waals surface area contributed by atoms with E-state index < -0.39 is 0 Å². The SMILES string of the molecule is CC.COC1=C(OC)CC=C(C)C(N(CCN(C)C)C(=O)C2=C(Br)C=Nc3cc4c(cc3C2)OCO4)=C1. The molecular weight excluding hydrogens is 538 g/mol. The number of halogens is 1. The van der Waals surface area contributed by atoms with Crippen molar-refractivity contribution >= 4 is 33.7 Å². The van der Waals surface area contributed by atoms with Gasteiger partial charge in [0.15, 0.2) is 17.3 Å². The first-order valence-electron chi connectivity index (χ1n) is 12.3. The Morgan fingerprint density at radius 3 is 2.46 bits per heavy atom. The van der Waals surface area contributed by atoms with Crippen molar-refractivity contribution in [3.05, 3.63) is 62.7 Å². The van der Waals surface area contributed by atoms with Crippen LogP contribution in [0.2, 0.25) is 0 Å². The van der Waals surface area contributed by atoms with Gasteiger partial charge in [-0.1, -0.05) is 19.9 Å². The first-order valence-corrected chi connectivity index (χ1v) is 13.1. The molecule has 0 bridgehead atoms. The highest BCUT2D eigenvalue weighted by molar-refractivity contribution is 9.12. The molecule has 0 unspecified atom stereocenters. The number of allylic oxidation sites excluding steroid dienone is 4. The second-order valence-electron chi connectivity index (χ2n) is 8.67. The molecule has 0 aromatic heterocycles. The standard InChI is InChI=1S/C26H30BrN3O5.C2H6/c1-16-6-7-22(32-4)23(33-5)13-21(16)30(9-8-29(2)3)26(31)18-10-17-11-24-25(35-15-34-24)12-20(17)28-14-19(18)27;1-2/h6,11-14H,7-10,15H2,1-5H3;1-2H3. The van der Waals surface area contributed by atoms with E-state index in [-0.39, 0.29) is 12.7 Å². The molecule has 1 aliphatic carbocycles. The molecule has 200 valence electrons. The van der Waals surface area contributed by atoms with Crippen LogP contribution in [0.3, 0.4) is 0 Å². The summed E-state index contributed by atoms with van der Waals surface area (Å²) in [6.07, 6.45) is 6.60. The van der Waals surface area contributed by atoms with Gasteiger partial charge in [0.2, 0.25) is 6.79 Å². The molecule has 0 saturated heterocycles. The molecule has 37 heavy (non-hydrogen) atoms. The van der Waals surface area contributed by atoms with Crippen LogP contribution in [0.5, 0.6) is 11.5 Å². The van der Waals surface area contributed by atoms with Crippen molar-refractivity contribution in [2.45, 2.75) is 33.6 Å². The maximum Gasteiger partial charge on any atom is 0.255 e. The van der Waals surface area contributed by atoms with Crippen molar-refractivity contribution in [1.29, 1.82) is 0 Å². The van der Waals surface area contributed by atoms with Crippen LogP contribution in [0, 0.1) is 0 Å². The van der Waals surface area contributed by atoms with E-state index in [0.29, 0.717) is 59.0 Å². The molecule has 4 rings (SSSR count). The van der Waals surface area contributed by atoms with Gasteiger partial charge < -0.3 is 28.7 Å². The van der Waals surface area contributed by atoms with E-state index in [0.717, 1.165) is 22.5 Å². The summed E-state index contributed by atoms with van der Waals surface area (Å²) in [5, 5.41) is 0. The van der Waals surface area contributed by atoms with Gasteiger partial charge in [-0.15, -0.1) is 0 Å². The van der Waals surface area contributed by atoms with E-state index in [9.17, 15) is 4.79 Å². The van der Waals surface area contributed by atoms with Crippen molar-refractivity contribution in [3.8, 4) is 11.5 Å². The molecule has 0 radical (unpaired) electrons. The minimum absolute atomic E-state index is 0.106. The molecule has 9 heteroatoms. The Morgan fingerprint density at radius 2 is 1.81 bits per heavy atom. The van der Waals surface area contributed by atoms with E-state index in [4.69, 9.17) is 18.9 Å². The Morgan fingerprint density at radius 1 is 1.11 bits per heavy atom. The van der Waals surface area contributed by atoms with Crippen molar-refractivity contribution in [2.75, 3.05) is 48.2 Å². The van der Waals surface area contributed by atoms with Crippen molar-refractivity contribution in [3.63, 3.8) is 0 Å². The third kappa shape index (κ3) is 6.45. The van der Waals surface area contributed by atoms with Crippen LogP contribution >= 0.6 is 15.9 Å². The summed E-state index contributed by atoms with van der Waals surface area (Å²) in [5.41, 5.74) is 4.02. The molecule has 0 spiro atoms. The van der Waals surface area contributed by atoms with Crippen LogP contribution < -0.4 is 9.47 Å². The number of aliphatic imine (C=N–C) groups is 1. The topological polar surface area (TPSA) is 72.8 Å². The number of methoxy groups -OCH3 is 2. The zero-order valence-corrected chi connectivity index (χ0v) is 24.3. The number of benzene rings is 1. The van der Waals surface area contributed by atoms with Gasteiger partial charge in [-0.3, -0.25) is 9.79 Å². The molecule has 0 fully saturated rings. The minimum atomic E-state index is -0.106. The van der Waals surface area contributed by atoms with Gasteiger partial charge in [0.25, 0.3) is 5.91 Å². The van der Waals surface area contributed by atoms with Gasteiger partial charge in [-0.25, -0.2) is 0 Å². The fraction of sp³-hybridized carbons (Fsp3) is 0.429. The van der Waals surface area contributed by atoms with E-state index in [1.807, 2.05) is 58.0 Å². The Hall–Kier alpha value is -3.04. The molecular formula is C28H36BrN3O5. The quantitative estimate of drug-likeness (QED) is 0.430. The monoisotopic (exact) mass is 573 g/mol. The molecule has 0 saturated carbocycles. The summed E-state index contributed by atoms with van der Waals surface area (Å²) in [6, 6.07) is 3.76. The van der Waals surface area contributed by atoms with Crippen LogP contribution in [0.15, 0.2) is 62.1 Å². The van der Waals surface area contributed by atoms with Crippen LogP contribution in [-0.2, 0) is 20.7 Å². The van der Waals surface area contributed by atoms with Gasteiger partial charge in [0, 0.05) is 54.3 Å². The number of amides is 1. The Labute approximate surface area is 228 Å². The zero-order valence-electron chi connectivity index (χ0n) is 22.7. The zero-order chi connectivity index (χ0) is 27.1. The average molecular weight is 575 g/mol. The lowest BCUT2D eigenvalue weighted by Gasteiger charge is -2.29. The number of fused-ring (bicyclic) bond motifs is 2. The Kier molecular flexibility index (Phi) is 10.00. The first-order chi connectivity index (χ1) is 17.8. The van der Waals surface area contributed by atoms with Gasteiger partial charge in [0.1, 0.15) is 5.76 Å². The van der Waals surface area contributed by atoms with E-state index in [1.165, 1.54) is 0 Å². The maximum absolute atomic E-state index is 14.2. The minimum Gasteiger partial charge on any atom is -0.497 e. The summed E-state index contributed by atoms with van der Waals surface area (Å²) in [4.78, 5) is 22.6. The predicted octanol–water partition coefficient (Wildman–Crippen LogP) is 5.48. The maximum atomic E-state index is 14.2. The van der Waals surface area contributed by atoms with Gasteiger partial charge in [-0.05, 0) is 54.2 Å². The molecule has 3 aliphatic rings. The lowest BCUT2D eigenvalue weighted by atomic mass is 10.0. The van der Waals surface area contributed by atoms with Crippen molar-refractivity contribution in [2.24, 2.45) is 4.99 Å². The number of ether oxygens (including phenoxy) is 4. The predicted molar refractivity (Wildman–Crippen MR) is 149 cm³/mol. The smallest absolute Gasteiger partial charge is 0.255 e. The Bertz CT molecular complexity index is 1180. The van der Waals surface area contributed by atoms with Crippen LogP contribution in [0.1, 0.15) is 32.8 Å². The summed E-state index contributed by atoms with van der Waals surface area (Å²) in [6.45, 7) is 7.37. The van der Waals surface area contributed by atoms with Gasteiger partial charge >= 0.3 is 0 Å². The summed E-state index contributed by atoms with van der Waals surface area (Å²) in [7, 11) is 7.21. The molecule has 0 N–H and O–H groups in total. The van der Waals surface area contributed by atoms with Crippen LogP contribution in [0.25, 0.3) is 0 Å². The highest BCUT2D eigenvalue weighted by Crippen LogP contribution is 2.41. The normalized spacial score (nSPS) is 16.2. The Balaban J connectivity index is 0.00000186. The third-order valence-corrected chi connectivity index (χ3v) is 6.80. The lowest BCUT2D eigenvalue weighted by Crippen LogP contribution is -2.38. The molecule has 0 atom stereocenters. The molecule has 1 aromatic rings. The average Bonchev–Trinajstić information content (AvgIpc) is 3.21. The summed E-state index contributed by atoms with van der Waals surface area (Å²) in [5.74, 6) is 2.55. The van der Waals surface area contributed by atoms with Gasteiger partial charge in [-0.2, -0.15) is 0 Å². The third-order valence-electron chi connectivity index (χ3n) is 6.12. The highest BCUT2D eigenvalue weighted by atomic mass is 79.9. The molecule has 2 heterocycles. The number of hydrogen-bond donors (Lipinski definition) is 0. The molecule has 2 aliphatic heterocycles. The van der Waals surface area contributed by atoms with E-state index >= 15 is 0 Å². The number of carbonyl (C=O) groups is 1. The largest absolute Gasteiger partial charge is 0.497 e. The second kappa shape index (κ2) is 13.0. The number of likely N-dealkylation sites (N-methyl/N-ethyl adjacent to an activating group) is 1. The van der Waals surface area contributed by atoms with E-state index in [1.54, 1.807) is 20.4 Å². The number of hydrogen-bond acceptors (Lipinski definition) is 7. The lowest BCUT2D eigenvalue weighted by molar-refractivity contribution is -0.125. The summed E-state index contributed by atoms with van der Waals surface area (Å²) >= 11 is 3.60. The van der Waals surface area contributed by atoms with E-state index in [2.05, 4.69) is 31.9 Å². The first kappa shape index (κ1) is 28.5. The fourth-order valence-electron chi connectivity index (χ4n) is 4.10. The van der Waals surface area contributed by atoms with Crippen LogP contribution in [-0.4, -0.2) is 70.1 Å². The number of carbonyl (C=O) groups excluding carboxylic acids is 1. The second-order valence-corrected chi connectivity index (χ2v) is 9.53. The number of nitrogens with zero attached hydrogens (tertiary/aromatic N) is 3. The van der Waals surface area contributed by atoms with Crippen molar-refractivity contribution in [1.82, 2.24) is 9.80 Å². The fourth-order valence-corrected chi connectivity index (χ4v) is 4.52. The molecule has 8 nitrogen and oxygen atoms in total. The summed E-state index contributed by atoms with van der Waals surface area (Å²) < 4.78 is 22.8. The van der Waals surface area contributed by atoms with Crippen LogP contribution in [0.4, 0.5) is 5.69 Å². The molecule has 1 amide bonds. The molecule has 1 aromatic carbocycles. The van der Waals surface area contributed by atoms with Crippen molar-refractivity contribution < 1.29 is 23.7 Å².